The van der Waals surface area contributed by atoms with Gasteiger partial charge in [0.1, 0.15) is 5.75 Å². The third-order valence-electron chi connectivity index (χ3n) is 3.09. The van der Waals surface area contributed by atoms with Gasteiger partial charge in [-0.05, 0) is 31.4 Å². The van der Waals surface area contributed by atoms with E-state index >= 15 is 0 Å². The Morgan fingerprint density at radius 3 is 2.89 bits per heavy atom. The maximum Gasteiger partial charge on any atom is 0.234 e. The molecule has 0 aromatic heterocycles. The molecule has 0 aliphatic heterocycles. The van der Waals surface area contributed by atoms with Crippen molar-refractivity contribution in [3.05, 3.63) is 24.3 Å². The minimum atomic E-state index is -0.257. The highest BCUT2D eigenvalue weighted by Gasteiger charge is 2.26. The number of para-hydroxylation sites is 1. The number of thioether (sulfide) groups is 1. The molecule has 1 atom stereocenters. The number of carbonyl (C=O) groups excluding carboxylic acids is 1. The van der Waals surface area contributed by atoms with E-state index in [0.717, 1.165) is 35.7 Å². The molecule has 19 heavy (non-hydrogen) atoms. The van der Waals surface area contributed by atoms with Crippen LogP contribution in [0.15, 0.2) is 29.2 Å². The predicted octanol–water partition coefficient (Wildman–Crippen LogP) is 1.78. The van der Waals surface area contributed by atoms with Gasteiger partial charge in [0, 0.05) is 16.7 Å². The van der Waals surface area contributed by atoms with Crippen molar-refractivity contribution < 1.29 is 9.53 Å². The van der Waals surface area contributed by atoms with E-state index in [1.165, 1.54) is 0 Å². The van der Waals surface area contributed by atoms with E-state index in [-0.39, 0.29) is 11.9 Å². The zero-order valence-corrected chi connectivity index (χ0v) is 11.9. The van der Waals surface area contributed by atoms with E-state index in [4.69, 9.17) is 10.5 Å². The molecule has 0 heterocycles. The highest BCUT2D eigenvalue weighted by Crippen LogP contribution is 2.29. The summed E-state index contributed by atoms with van der Waals surface area (Å²) >= 11 is 1.69. The Morgan fingerprint density at radius 2 is 2.26 bits per heavy atom. The normalized spacial score (nSPS) is 16.1. The van der Waals surface area contributed by atoms with E-state index in [9.17, 15) is 4.79 Å². The quantitative estimate of drug-likeness (QED) is 0.713. The molecule has 0 bridgehead atoms. The van der Waals surface area contributed by atoms with Gasteiger partial charge >= 0.3 is 0 Å². The molecular formula is C14H20N2O2S. The zero-order valence-electron chi connectivity index (χ0n) is 11.1. The molecule has 1 unspecified atom stereocenters. The smallest absolute Gasteiger partial charge is 0.234 e. The van der Waals surface area contributed by atoms with Crippen LogP contribution in [0.25, 0.3) is 0 Å². The summed E-state index contributed by atoms with van der Waals surface area (Å²) in [4.78, 5) is 12.5. The predicted molar refractivity (Wildman–Crippen MR) is 77.5 cm³/mol. The number of amides is 1. The minimum Gasteiger partial charge on any atom is -0.496 e. The largest absolute Gasteiger partial charge is 0.496 e. The van der Waals surface area contributed by atoms with Crippen LogP contribution >= 0.6 is 11.8 Å². The second kappa shape index (κ2) is 6.82. The average molecular weight is 280 g/mol. The highest BCUT2D eigenvalue weighted by atomic mass is 32.2. The van der Waals surface area contributed by atoms with E-state index in [2.05, 4.69) is 5.32 Å². The molecule has 2 rings (SSSR count). The van der Waals surface area contributed by atoms with Gasteiger partial charge in [-0.25, -0.2) is 0 Å². The lowest BCUT2D eigenvalue weighted by atomic mass is 10.2. The van der Waals surface area contributed by atoms with Crippen LogP contribution < -0.4 is 15.8 Å². The number of rotatable bonds is 8. The Hall–Kier alpha value is -1.20. The fourth-order valence-corrected chi connectivity index (χ4v) is 2.91. The summed E-state index contributed by atoms with van der Waals surface area (Å²) in [6, 6.07) is 8.18. The van der Waals surface area contributed by atoms with Gasteiger partial charge in [-0.3, -0.25) is 4.79 Å². The molecular weight excluding hydrogens is 260 g/mol. The Bertz CT molecular complexity index is 435. The van der Waals surface area contributed by atoms with Crippen molar-refractivity contribution in [2.45, 2.75) is 36.2 Å². The molecule has 3 N–H and O–H groups in total. The van der Waals surface area contributed by atoms with Crippen LogP contribution in [0.3, 0.4) is 0 Å². The first-order valence-electron chi connectivity index (χ1n) is 6.52. The van der Waals surface area contributed by atoms with E-state index < -0.39 is 0 Å². The number of benzene rings is 1. The number of primary amides is 1. The van der Waals surface area contributed by atoms with E-state index in [0.29, 0.717) is 6.04 Å². The lowest BCUT2D eigenvalue weighted by molar-refractivity contribution is -0.120. The van der Waals surface area contributed by atoms with Crippen molar-refractivity contribution in [2.75, 3.05) is 12.9 Å². The van der Waals surface area contributed by atoms with Gasteiger partial charge in [-0.1, -0.05) is 12.1 Å². The Labute approximate surface area is 118 Å². The second-order valence-corrected chi connectivity index (χ2v) is 5.82. The summed E-state index contributed by atoms with van der Waals surface area (Å²) in [7, 11) is 1.67. The number of nitrogens with two attached hydrogens (primary N) is 1. The number of carbonyl (C=O) groups is 1. The fraction of sp³-hybridized carbons (Fsp3) is 0.500. The average Bonchev–Trinajstić information content (AvgIpc) is 3.22. The monoisotopic (exact) mass is 280 g/mol. The molecule has 1 aromatic rings. The van der Waals surface area contributed by atoms with Gasteiger partial charge in [-0.15, -0.1) is 11.8 Å². The molecule has 0 spiro atoms. The number of ether oxygens (including phenoxy) is 1. The Kier molecular flexibility index (Phi) is 5.10. The standard InChI is InChI=1S/C14H20N2O2S/c1-18-12-4-2-3-5-13(12)19-9-8-11(14(15)17)16-10-6-7-10/h2-5,10-11,16H,6-9H2,1H3,(H2,15,17). The van der Waals surface area contributed by atoms with Crippen molar-refractivity contribution in [3.8, 4) is 5.75 Å². The van der Waals surface area contributed by atoms with Crippen molar-refractivity contribution in [3.63, 3.8) is 0 Å². The summed E-state index contributed by atoms with van der Waals surface area (Å²) in [5.41, 5.74) is 5.41. The van der Waals surface area contributed by atoms with Gasteiger partial charge in [0.15, 0.2) is 0 Å². The lowest BCUT2D eigenvalue weighted by Crippen LogP contribution is -2.42. The molecule has 1 saturated carbocycles. The van der Waals surface area contributed by atoms with Crippen molar-refractivity contribution >= 4 is 17.7 Å². The number of methoxy groups -OCH3 is 1. The van der Waals surface area contributed by atoms with Crippen molar-refractivity contribution in [1.82, 2.24) is 5.32 Å². The van der Waals surface area contributed by atoms with Gasteiger partial charge in [0.2, 0.25) is 5.91 Å². The van der Waals surface area contributed by atoms with Gasteiger partial charge < -0.3 is 15.8 Å². The van der Waals surface area contributed by atoms with Crippen LogP contribution in [0.1, 0.15) is 19.3 Å². The van der Waals surface area contributed by atoms with Crippen LogP contribution in [0.2, 0.25) is 0 Å². The molecule has 5 heteroatoms. The molecule has 1 fully saturated rings. The summed E-state index contributed by atoms with van der Waals surface area (Å²) in [6.45, 7) is 0. The second-order valence-electron chi connectivity index (χ2n) is 4.68. The van der Waals surface area contributed by atoms with Crippen molar-refractivity contribution in [2.24, 2.45) is 5.73 Å². The SMILES string of the molecule is COc1ccccc1SCCC(NC1CC1)C(N)=O. The maximum absolute atomic E-state index is 11.4. The minimum absolute atomic E-state index is 0.213. The van der Waals surface area contributed by atoms with E-state index in [1.807, 2.05) is 24.3 Å². The van der Waals surface area contributed by atoms with Crippen LogP contribution in [0, 0.1) is 0 Å². The van der Waals surface area contributed by atoms with Gasteiger partial charge in [0.05, 0.1) is 13.2 Å². The first-order valence-corrected chi connectivity index (χ1v) is 7.50. The molecule has 1 aliphatic carbocycles. The zero-order chi connectivity index (χ0) is 13.7. The third-order valence-corrected chi connectivity index (χ3v) is 4.18. The Balaban J connectivity index is 1.82. The summed E-state index contributed by atoms with van der Waals surface area (Å²) in [5, 5.41) is 3.29. The first-order chi connectivity index (χ1) is 9.20. The number of hydrogen-bond donors (Lipinski definition) is 2. The molecule has 0 saturated heterocycles. The summed E-state index contributed by atoms with van der Waals surface area (Å²) in [6.07, 6.45) is 3.06. The molecule has 104 valence electrons. The topological polar surface area (TPSA) is 64.3 Å². The van der Waals surface area contributed by atoms with Gasteiger partial charge in [-0.2, -0.15) is 0 Å². The first kappa shape index (κ1) is 14.2. The molecule has 1 aromatic carbocycles. The fourth-order valence-electron chi connectivity index (χ4n) is 1.87. The number of nitrogens with one attached hydrogen (secondary N) is 1. The van der Waals surface area contributed by atoms with Crippen molar-refractivity contribution in [1.29, 1.82) is 0 Å². The van der Waals surface area contributed by atoms with Crippen LogP contribution in [0.4, 0.5) is 0 Å². The van der Waals surface area contributed by atoms with Crippen LogP contribution in [-0.4, -0.2) is 30.9 Å². The highest BCUT2D eigenvalue weighted by molar-refractivity contribution is 7.99. The van der Waals surface area contributed by atoms with Gasteiger partial charge in [0.25, 0.3) is 0 Å². The lowest BCUT2D eigenvalue weighted by Gasteiger charge is -2.15. The third kappa shape index (κ3) is 4.44. The molecule has 4 nitrogen and oxygen atoms in total. The maximum atomic E-state index is 11.4. The molecule has 1 aliphatic rings. The Morgan fingerprint density at radius 1 is 1.53 bits per heavy atom. The van der Waals surface area contributed by atoms with E-state index in [1.54, 1.807) is 18.9 Å². The summed E-state index contributed by atoms with van der Waals surface area (Å²) in [5.74, 6) is 1.46. The van der Waals surface area contributed by atoms with Crippen LogP contribution in [-0.2, 0) is 4.79 Å². The molecule has 1 amide bonds. The molecule has 0 radical (unpaired) electrons. The summed E-state index contributed by atoms with van der Waals surface area (Å²) < 4.78 is 5.30. The number of hydrogen-bond acceptors (Lipinski definition) is 4. The van der Waals surface area contributed by atoms with Crippen LogP contribution in [0.5, 0.6) is 5.75 Å².